The molecule has 72 valence electrons. The molecular weight excluding hydrogens is 228 g/mol. The smallest absolute Gasteiger partial charge is 0.170 e. The van der Waals surface area contributed by atoms with Gasteiger partial charge < -0.3 is 22.7 Å². The highest BCUT2D eigenvalue weighted by Crippen LogP contribution is 2.25. The molecule has 1 aliphatic rings. The number of anilines is 1. The zero-order valence-corrected chi connectivity index (χ0v) is 9.20. The molecule has 0 amide bonds. The Hall–Kier alpha value is -0.570. The number of rotatable bonds is 2. The van der Waals surface area contributed by atoms with Crippen molar-refractivity contribution in [3.05, 3.63) is 24.5 Å². The molecule has 1 saturated carbocycles. The highest BCUT2D eigenvalue weighted by molar-refractivity contribution is 5.32. The molecule has 2 N–H and O–H groups in total. The fourth-order valence-corrected chi connectivity index (χ4v) is 1.56. The van der Waals surface area contributed by atoms with Gasteiger partial charge in [0.25, 0.3) is 0 Å². The maximum atomic E-state index is 5.59. The van der Waals surface area contributed by atoms with Crippen LogP contribution in [0.4, 0.5) is 5.69 Å². The Morgan fingerprint density at radius 1 is 1.31 bits per heavy atom. The molecule has 0 aromatic carbocycles. The highest BCUT2D eigenvalue weighted by Gasteiger charge is 2.21. The summed E-state index contributed by atoms with van der Waals surface area (Å²) < 4.78 is 2.22. The predicted molar refractivity (Wildman–Crippen MR) is 48.4 cm³/mol. The van der Waals surface area contributed by atoms with Gasteiger partial charge in [0.05, 0.1) is 0 Å². The Labute approximate surface area is 89.5 Å². The summed E-state index contributed by atoms with van der Waals surface area (Å²) in [6.45, 7) is 1.17. The standard InChI is InChI=1S/C10H14N2.BrH/c11-10-4-6-12(7-5-10)8-9-2-1-3-9;/h4-7,9,11H,1-3,8H2;1H. The second-order valence-electron chi connectivity index (χ2n) is 3.63. The van der Waals surface area contributed by atoms with Gasteiger partial charge in [-0.3, -0.25) is 0 Å². The fraction of sp³-hybridized carbons (Fsp3) is 0.500. The topological polar surface area (TPSA) is 29.9 Å². The van der Waals surface area contributed by atoms with Crippen LogP contribution in [0.25, 0.3) is 0 Å². The van der Waals surface area contributed by atoms with Gasteiger partial charge in [-0.25, -0.2) is 4.57 Å². The third-order valence-corrected chi connectivity index (χ3v) is 2.61. The first-order valence-electron chi connectivity index (χ1n) is 4.59. The van der Waals surface area contributed by atoms with Gasteiger partial charge in [-0.2, -0.15) is 0 Å². The molecule has 1 heterocycles. The van der Waals surface area contributed by atoms with Gasteiger partial charge in [0.1, 0.15) is 0 Å². The van der Waals surface area contributed by atoms with Crippen LogP contribution in [0.5, 0.6) is 0 Å². The lowest BCUT2D eigenvalue weighted by atomic mass is 9.85. The van der Waals surface area contributed by atoms with Crippen molar-refractivity contribution in [2.75, 3.05) is 5.73 Å². The first-order chi connectivity index (χ1) is 5.84. The SMILES string of the molecule is Nc1cc[n+](CC2CCC2)cc1.[Br-]. The monoisotopic (exact) mass is 242 g/mol. The molecule has 0 saturated heterocycles. The van der Waals surface area contributed by atoms with E-state index in [2.05, 4.69) is 17.0 Å². The Morgan fingerprint density at radius 3 is 2.38 bits per heavy atom. The number of hydrogen-bond donors (Lipinski definition) is 1. The van der Waals surface area contributed by atoms with Crippen LogP contribution >= 0.6 is 0 Å². The van der Waals surface area contributed by atoms with Crippen LogP contribution in [-0.2, 0) is 6.54 Å². The van der Waals surface area contributed by atoms with Crippen LogP contribution in [0.2, 0.25) is 0 Å². The van der Waals surface area contributed by atoms with Gasteiger partial charge in [-0.1, -0.05) is 6.42 Å². The summed E-state index contributed by atoms with van der Waals surface area (Å²) in [5.74, 6) is 0.915. The molecule has 0 aliphatic heterocycles. The lowest BCUT2D eigenvalue weighted by Gasteiger charge is -2.21. The van der Waals surface area contributed by atoms with Crippen LogP contribution in [0, 0.1) is 5.92 Å². The van der Waals surface area contributed by atoms with Crippen LogP contribution < -0.4 is 27.3 Å². The molecule has 2 rings (SSSR count). The number of aromatic nitrogens is 1. The summed E-state index contributed by atoms with van der Waals surface area (Å²) in [6, 6.07) is 3.91. The lowest BCUT2D eigenvalue weighted by molar-refractivity contribution is -0.704. The zero-order valence-electron chi connectivity index (χ0n) is 7.62. The molecule has 0 spiro atoms. The molecule has 1 aromatic heterocycles. The van der Waals surface area contributed by atoms with E-state index in [1.165, 1.54) is 25.8 Å². The Morgan fingerprint density at radius 2 is 1.92 bits per heavy atom. The lowest BCUT2D eigenvalue weighted by Crippen LogP contribution is -3.00. The molecule has 0 bridgehead atoms. The average molecular weight is 243 g/mol. The average Bonchev–Trinajstić information content (AvgIpc) is 2.00. The van der Waals surface area contributed by atoms with E-state index in [1.807, 2.05) is 12.1 Å². The molecular formula is C10H15BrN2. The van der Waals surface area contributed by atoms with Gasteiger partial charge in [-0.05, 0) is 12.8 Å². The van der Waals surface area contributed by atoms with E-state index in [1.54, 1.807) is 0 Å². The normalized spacial score (nSPS) is 16.0. The van der Waals surface area contributed by atoms with E-state index >= 15 is 0 Å². The second-order valence-corrected chi connectivity index (χ2v) is 3.63. The van der Waals surface area contributed by atoms with E-state index in [4.69, 9.17) is 5.73 Å². The van der Waals surface area contributed by atoms with E-state index in [9.17, 15) is 0 Å². The maximum absolute atomic E-state index is 5.59. The van der Waals surface area contributed by atoms with E-state index in [-0.39, 0.29) is 17.0 Å². The fourth-order valence-electron chi connectivity index (χ4n) is 1.56. The first kappa shape index (κ1) is 10.5. The Bertz CT molecular complexity index is 254. The summed E-state index contributed by atoms with van der Waals surface area (Å²) in [6.07, 6.45) is 8.34. The van der Waals surface area contributed by atoms with Crippen LogP contribution in [-0.4, -0.2) is 0 Å². The van der Waals surface area contributed by atoms with Crippen molar-refractivity contribution in [2.24, 2.45) is 5.92 Å². The van der Waals surface area contributed by atoms with E-state index in [0.717, 1.165) is 11.6 Å². The van der Waals surface area contributed by atoms with E-state index in [0.29, 0.717) is 0 Å². The Balaban J connectivity index is 0.000000845. The van der Waals surface area contributed by atoms with Gasteiger partial charge in [0.15, 0.2) is 18.9 Å². The van der Waals surface area contributed by atoms with Crippen LogP contribution in [0.1, 0.15) is 19.3 Å². The summed E-state index contributed by atoms with van der Waals surface area (Å²) in [7, 11) is 0. The Kier molecular flexibility index (Phi) is 3.72. The first-order valence-corrected chi connectivity index (χ1v) is 4.59. The second kappa shape index (κ2) is 4.61. The summed E-state index contributed by atoms with van der Waals surface area (Å²) in [5, 5.41) is 0. The maximum Gasteiger partial charge on any atom is 0.170 e. The van der Waals surface area contributed by atoms with E-state index < -0.39 is 0 Å². The van der Waals surface area contributed by atoms with Gasteiger partial charge in [0.2, 0.25) is 0 Å². The minimum atomic E-state index is 0. The molecule has 1 fully saturated rings. The van der Waals surface area contributed by atoms with Crippen molar-refractivity contribution in [1.29, 1.82) is 0 Å². The third kappa shape index (κ3) is 2.69. The number of nitrogen functional groups attached to an aromatic ring is 1. The molecule has 1 aliphatic carbocycles. The number of halogens is 1. The van der Waals surface area contributed by atoms with Gasteiger partial charge in [0, 0.05) is 23.7 Å². The quantitative estimate of drug-likeness (QED) is 0.620. The molecule has 13 heavy (non-hydrogen) atoms. The van der Waals surface area contributed by atoms with Crippen LogP contribution in [0.3, 0.4) is 0 Å². The van der Waals surface area contributed by atoms with Gasteiger partial charge in [-0.15, -0.1) is 0 Å². The summed E-state index contributed by atoms with van der Waals surface area (Å²) in [5.41, 5.74) is 6.44. The zero-order chi connectivity index (χ0) is 8.39. The largest absolute Gasteiger partial charge is 1.00 e. The van der Waals surface area contributed by atoms with Crippen molar-refractivity contribution in [3.8, 4) is 0 Å². The van der Waals surface area contributed by atoms with Gasteiger partial charge >= 0.3 is 0 Å². The minimum absolute atomic E-state index is 0. The van der Waals surface area contributed by atoms with Crippen molar-refractivity contribution >= 4 is 5.69 Å². The van der Waals surface area contributed by atoms with Crippen molar-refractivity contribution in [1.82, 2.24) is 0 Å². The summed E-state index contributed by atoms with van der Waals surface area (Å²) >= 11 is 0. The molecule has 1 aromatic rings. The molecule has 0 unspecified atom stereocenters. The highest BCUT2D eigenvalue weighted by atomic mass is 79.9. The minimum Gasteiger partial charge on any atom is -1.00 e. The van der Waals surface area contributed by atoms with Crippen LogP contribution in [0.15, 0.2) is 24.5 Å². The molecule has 2 nitrogen and oxygen atoms in total. The summed E-state index contributed by atoms with van der Waals surface area (Å²) in [4.78, 5) is 0. The molecule has 3 heteroatoms. The predicted octanol–water partition coefficient (Wildman–Crippen LogP) is -1.64. The number of hydrogen-bond acceptors (Lipinski definition) is 1. The third-order valence-electron chi connectivity index (χ3n) is 2.61. The number of nitrogens with zero attached hydrogens (tertiary/aromatic N) is 1. The van der Waals surface area contributed by atoms with Crippen molar-refractivity contribution in [3.63, 3.8) is 0 Å². The van der Waals surface area contributed by atoms with Crippen molar-refractivity contribution in [2.45, 2.75) is 25.8 Å². The number of nitrogens with two attached hydrogens (primary N) is 1. The molecule has 0 radical (unpaired) electrons. The number of pyridine rings is 1. The van der Waals surface area contributed by atoms with Crippen molar-refractivity contribution < 1.29 is 21.5 Å². The molecule has 0 atom stereocenters.